The van der Waals surface area contributed by atoms with Crippen LogP contribution in [0.4, 0.5) is 0 Å². The summed E-state index contributed by atoms with van der Waals surface area (Å²) in [4.78, 5) is 31.0. The number of aryl methyl sites for hydroxylation is 2. The molecule has 2 atom stereocenters. The van der Waals surface area contributed by atoms with Gasteiger partial charge in [-0.25, -0.2) is 4.98 Å². The van der Waals surface area contributed by atoms with Crippen LogP contribution in [-0.4, -0.2) is 44.1 Å². The summed E-state index contributed by atoms with van der Waals surface area (Å²) in [5.74, 6) is -1.47. The van der Waals surface area contributed by atoms with Crippen molar-refractivity contribution in [3.63, 3.8) is 0 Å². The standard InChI is InChI=1S/C25H27N3O4S/c1-15-6-5-7-16(2)20(15)10-19-14-33-21(27-19)11-26-24(31)22(29)23(30)25(32)28-12-17-8-3-4-9-18(17)13-28/h3-9,14,22-23,29-30H,10-13H2,1-2H3,(H,26,31). The average Bonchev–Trinajstić information content (AvgIpc) is 3.45. The van der Waals surface area contributed by atoms with E-state index in [4.69, 9.17) is 0 Å². The SMILES string of the molecule is Cc1cccc(C)c1Cc1csc(CNC(=O)C(O)C(O)C(=O)N2Cc3ccccc3C2)n1. The summed E-state index contributed by atoms with van der Waals surface area (Å²) in [5.41, 5.74) is 6.56. The zero-order chi connectivity index (χ0) is 23.5. The number of amides is 2. The molecular weight excluding hydrogens is 438 g/mol. The molecule has 3 N–H and O–H groups in total. The van der Waals surface area contributed by atoms with Gasteiger partial charge in [0.25, 0.3) is 11.8 Å². The van der Waals surface area contributed by atoms with E-state index in [-0.39, 0.29) is 6.54 Å². The van der Waals surface area contributed by atoms with Crippen molar-refractivity contribution in [2.24, 2.45) is 0 Å². The third-order valence-corrected chi connectivity index (χ3v) is 6.89. The highest BCUT2D eigenvalue weighted by Gasteiger charge is 2.35. The number of aromatic nitrogens is 1. The number of carbonyl (C=O) groups excluding carboxylic acids is 2. The maximum absolute atomic E-state index is 12.6. The first-order chi connectivity index (χ1) is 15.8. The van der Waals surface area contributed by atoms with E-state index in [9.17, 15) is 19.8 Å². The molecule has 2 amide bonds. The molecule has 0 radical (unpaired) electrons. The monoisotopic (exact) mass is 465 g/mol. The van der Waals surface area contributed by atoms with Crippen LogP contribution in [0.15, 0.2) is 47.8 Å². The third kappa shape index (κ3) is 5.13. The fourth-order valence-corrected chi connectivity index (χ4v) is 4.78. The second-order valence-corrected chi connectivity index (χ2v) is 9.29. The second kappa shape index (κ2) is 9.82. The van der Waals surface area contributed by atoms with Crippen LogP contribution in [-0.2, 0) is 35.6 Å². The van der Waals surface area contributed by atoms with E-state index in [1.807, 2.05) is 35.7 Å². The first-order valence-electron chi connectivity index (χ1n) is 10.8. The van der Waals surface area contributed by atoms with E-state index in [1.165, 1.54) is 32.9 Å². The van der Waals surface area contributed by atoms with Crippen molar-refractivity contribution in [2.45, 2.75) is 52.1 Å². The molecule has 33 heavy (non-hydrogen) atoms. The Hall–Kier alpha value is -3.07. The number of nitrogens with zero attached hydrogens (tertiary/aromatic N) is 2. The molecule has 8 heteroatoms. The van der Waals surface area contributed by atoms with Gasteiger partial charge in [-0.05, 0) is 41.7 Å². The van der Waals surface area contributed by atoms with Gasteiger partial charge in [0.15, 0.2) is 12.2 Å². The van der Waals surface area contributed by atoms with E-state index in [0.717, 1.165) is 16.8 Å². The molecule has 3 aromatic rings. The Balaban J connectivity index is 1.30. The summed E-state index contributed by atoms with van der Waals surface area (Å²) in [7, 11) is 0. The lowest BCUT2D eigenvalue weighted by Crippen LogP contribution is -2.49. The molecule has 7 nitrogen and oxygen atoms in total. The Morgan fingerprint density at radius 2 is 1.67 bits per heavy atom. The molecule has 0 fully saturated rings. The molecule has 1 aliphatic rings. The van der Waals surface area contributed by atoms with Gasteiger partial charge in [0.05, 0.1) is 12.2 Å². The summed E-state index contributed by atoms with van der Waals surface area (Å²) in [6, 6.07) is 13.8. The minimum Gasteiger partial charge on any atom is -0.380 e. The van der Waals surface area contributed by atoms with E-state index in [2.05, 4.69) is 36.3 Å². The number of fused-ring (bicyclic) bond motifs is 1. The van der Waals surface area contributed by atoms with Gasteiger partial charge in [-0.1, -0.05) is 42.5 Å². The molecule has 0 saturated carbocycles. The Labute approximate surface area is 196 Å². The third-order valence-electron chi connectivity index (χ3n) is 5.99. The van der Waals surface area contributed by atoms with Gasteiger partial charge in [0.1, 0.15) is 5.01 Å². The smallest absolute Gasteiger partial charge is 0.255 e. The second-order valence-electron chi connectivity index (χ2n) is 8.35. The average molecular weight is 466 g/mol. The topological polar surface area (TPSA) is 103 Å². The van der Waals surface area contributed by atoms with Crippen LogP contribution in [0, 0.1) is 13.8 Å². The van der Waals surface area contributed by atoms with E-state index < -0.39 is 24.0 Å². The summed E-state index contributed by atoms with van der Waals surface area (Å²) in [6.45, 7) is 4.96. The molecular formula is C25H27N3O4S. The highest BCUT2D eigenvalue weighted by atomic mass is 32.1. The minimum atomic E-state index is -1.85. The quantitative estimate of drug-likeness (QED) is 0.497. The van der Waals surface area contributed by atoms with Crippen LogP contribution in [0.1, 0.15) is 38.5 Å². The Morgan fingerprint density at radius 1 is 1.03 bits per heavy atom. The zero-order valence-electron chi connectivity index (χ0n) is 18.6. The molecule has 2 aromatic carbocycles. The number of hydrogen-bond donors (Lipinski definition) is 3. The largest absolute Gasteiger partial charge is 0.380 e. The van der Waals surface area contributed by atoms with Crippen LogP contribution in [0.2, 0.25) is 0 Å². The van der Waals surface area contributed by atoms with Crippen LogP contribution in [0.5, 0.6) is 0 Å². The lowest BCUT2D eigenvalue weighted by atomic mass is 9.99. The first-order valence-corrected chi connectivity index (χ1v) is 11.7. The molecule has 2 unspecified atom stereocenters. The predicted octanol–water partition coefficient (Wildman–Crippen LogP) is 2.23. The highest BCUT2D eigenvalue weighted by Crippen LogP contribution is 2.23. The normalized spacial score (nSPS) is 14.6. The molecule has 172 valence electrons. The van der Waals surface area contributed by atoms with E-state index >= 15 is 0 Å². The Bertz CT molecular complexity index is 1130. The number of aliphatic hydroxyl groups is 2. The van der Waals surface area contributed by atoms with Crippen LogP contribution in [0.3, 0.4) is 0 Å². The Morgan fingerprint density at radius 3 is 2.30 bits per heavy atom. The fourth-order valence-electron chi connectivity index (χ4n) is 4.04. The molecule has 4 rings (SSSR count). The minimum absolute atomic E-state index is 0.114. The van der Waals surface area contributed by atoms with Crippen molar-refractivity contribution in [3.05, 3.63) is 86.4 Å². The van der Waals surface area contributed by atoms with E-state index in [0.29, 0.717) is 24.5 Å². The van der Waals surface area contributed by atoms with Gasteiger partial charge in [0, 0.05) is 24.9 Å². The Kier molecular flexibility index (Phi) is 6.88. The first kappa shape index (κ1) is 23.1. The van der Waals surface area contributed by atoms with Gasteiger partial charge in [-0.2, -0.15) is 0 Å². The summed E-state index contributed by atoms with van der Waals surface area (Å²) in [6.07, 6.45) is -2.97. The van der Waals surface area contributed by atoms with Crippen LogP contribution in [0.25, 0.3) is 0 Å². The van der Waals surface area contributed by atoms with Crippen molar-refractivity contribution in [1.29, 1.82) is 0 Å². The van der Waals surface area contributed by atoms with Gasteiger partial charge < -0.3 is 20.4 Å². The van der Waals surface area contributed by atoms with Crippen LogP contribution < -0.4 is 5.32 Å². The number of aliphatic hydroxyl groups excluding tert-OH is 2. The van der Waals surface area contributed by atoms with Crippen LogP contribution >= 0.6 is 11.3 Å². The lowest BCUT2D eigenvalue weighted by Gasteiger charge is -2.22. The molecule has 0 spiro atoms. The number of hydrogen-bond acceptors (Lipinski definition) is 6. The van der Waals surface area contributed by atoms with Crippen molar-refractivity contribution < 1.29 is 19.8 Å². The molecule has 2 heterocycles. The van der Waals surface area contributed by atoms with Crippen molar-refractivity contribution in [1.82, 2.24) is 15.2 Å². The van der Waals surface area contributed by atoms with Crippen molar-refractivity contribution in [2.75, 3.05) is 0 Å². The van der Waals surface area contributed by atoms with Gasteiger partial charge >= 0.3 is 0 Å². The molecule has 1 aliphatic heterocycles. The molecule has 0 saturated heterocycles. The number of rotatable bonds is 7. The summed E-state index contributed by atoms with van der Waals surface area (Å²) < 4.78 is 0. The zero-order valence-corrected chi connectivity index (χ0v) is 19.4. The maximum Gasteiger partial charge on any atom is 0.255 e. The maximum atomic E-state index is 12.6. The number of carbonyl (C=O) groups is 2. The molecule has 1 aromatic heterocycles. The van der Waals surface area contributed by atoms with Crippen molar-refractivity contribution >= 4 is 23.2 Å². The fraction of sp³-hybridized carbons (Fsp3) is 0.320. The summed E-state index contributed by atoms with van der Waals surface area (Å²) in [5, 5.41) is 25.8. The predicted molar refractivity (Wildman–Crippen MR) is 125 cm³/mol. The van der Waals surface area contributed by atoms with Gasteiger partial charge in [-0.15, -0.1) is 11.3 Å². The lowest BCUT2D eigenvalue weighted by molar-refractivity contribution is -0.153. The van der Waals surface area contributed by atoms with Crippen molar-refractivity contribution in [3.8, 4) is 0 Å². The highest BCUT2D eigenvalue weighted by molar-refractivity contribution is 7.09. The number of benzene rings is 2. The summed E-state index contributed by atoms with van der Waals surface area (Å²) >= 11 is 1.42. The molecule has 0 aliphatic carbocycles. The molecule has 0 bridgehead atoms. The van der Waals surface area contributed by atoms with E-state index in [1.54, 1.807) is 0 Å². The number of thiazole rings is 1. The number of nitrogens with one attached hydrogen (secondary N) is 1. The van der Waals surface area contributed by atoms with Gasteiger partial charge in [-0.3, -0.25) is 9.59 Å². The van der Waals surface area contributed by atoms with Gasteiger partial charge in [0.2, 0.25) is 0 Å².